The van der Waals surface area contributed by atoms with Crippen molar-refractivity contribution in [3.63, 3.8) is 0 Å². The summed E-state index contributed by atoms with van der Waals surface area (Å²) < 4.78 is 47.8. The predicted molar refractivity (Wildman–Crippen MR) is 125 cm³/mol. The molecule has 2 rings (SSSR count). The van der Waals surface area contributed by atoms with Crippen LogP contribution in [-0.4, -0.2) is 29.5 Å². The van der Waals surface area contributed by atoms with Gasteiger partial charge in [0.2, 0.25) is 0 Å². The van der Waals surface area contributed by atoms with E-state index in [-0.39, 0.29) is 17.6 Å². The first-order valence-electron chi connectivity index (χ1n) is 10.1. The second-order valence-corrected chi connectivity index (χ2v) is 14.9. The van der Waals surface area contributed by atoms with Crippen LogP contribution in [0.5, 0.6) is 0 Å². The lowest BCUT2D eigenvalue weighted by Gasteiger charge is -2.39. The Morgan fingerprint density at radius 3 is 2.43 bits per heavy atom. The van der Waals surface area contributed by atoms with Crippen molar-refractivity contribution in [3.05, 3.63) is 45.3 Å². The van der Waals surface area contributed by atoms with Gasteiger partial charge in [-0.05, 0) is 72.0 Å². The summed E-state index contributed by atoms with van der Waals surface area (Å²) in [6.07, 6.45) is 2.13. The quantitative estimate of drug-likeness (QED) is 0.196. The normalized spacial score (nSPS) is 16.8. The molecule has 0 bridgehead atoms. The summed E-state index contributed by atoms with van der Waals surface area (Å²) in [4.78, 5) is 0. The van der Waals surface area contributed by atoms with Crippen molar-refractivity contribution < 1.29 is 17.6 Å². The van der Waals surface area contributed by atoms with Crippen LogP contribution in [0.2, 0.25) is 18.1 Å². The highest BCUT2D eigenvalue weighted by atomic mass is 127. The maximum Gasteiger partial charge on any atom is 0.412 e. The molecule has 1 aromatic heterocycles. The van der Waals surface area contributed by atoms with Crippen molar-refractivity contribution in [3.8, 4) is 0 Å². The highest BCUT2D eigenvalue weighted by Gasteiger charge is 2.40. The molecule has 1 atom stereocenters. The highest BCUT2D eigenvalue weighted by molar-refractivity contribution is 14.1. The second-order valence-electron chi connectivity index (χ2n) is 9.17. The molecule has 1 aliphatic rings. The van der Waals surface area contributed by atoms with Crippen LogP contribution in [0.1, 0.15) is 58.3 Å². The van der Waals surface area contributed by atoms with Crippen molar-refractivity contribution in [1.82, 2.24) is 15.0 Å². The molecule has 0 saturated heterocycles. The fraction of sp³-hybridized carbons (Fsp3) is 0.619. The third-order valence-corrected chi connectivity index (χ3v) is 11.4. The smallest absolute Gasteiger partial charge is 0.408 e. The molecule has 1 aromatic rings. The molecule has 0 spiro atoms. The molecule has 30 heavy (non-hydrogen) atoms. The first-order chi connectivity index (χ1) is 13.8. The largest absolute Gasteiger partial charge is 0.412 e. The van der Waals surface area contributed by atoms with Crippen LogP contribution < -0.4 is 0 Å². The number of hydrogen-bond acceptors (Lipinski definition) is 3. The summed E-state index contributed by atoms with van der Waals surface area (Å²) in [5.74, 6) is 0. The topological polar surface area (TPSA) is 39.9 Å². The van der Waals surface area contributed by atoms with E-state index in [0.717, 1.165) is 27.8 Å². The van der Waals surface area contributed by atoms with Gasteiger partial charge in [-0.15, -0.1) is 11.7 Å². The average molecular weight is 553 g/mol. The van der Waals surface area contributed by atoms with Crippen LogP contribution in [0.3, 0.4) is 0 Å². The van der Waals surface area contributed by atoms with Gasteiger partial charge in [0.15, 0.2) is 8.32 Å². The Morgan fingerprint density at radius 1 is 1.27 bits per heavy atom. The van der Waals surface area contributed by atoms with Crippen molar-refractivity contribution >= 4 is 30.9 Å². The Labute approximate surface area is 191 Å². The van der Waals surface area contributed by atoms with E-state index in [0.29, 0.717) is 13.0 Å². The van der Waals surface area contributed by atoms with E-state index in [4.69, 9.17) is 4.43 Å². The lowest BCUT2D eigenvalue weighted by Crippen LogP contribution is -2.42. The van der Waals surface area contributed by atoms with Gasteiger partial charge < -0.3 is 4.43 Å². The van der Waals surface area contributed by atoms with E-state index in [1.54, 1.807) is 10.8 Å². The molecule has 1 heterocycles. The Balaban J connectivity index is 2.23. The maximum absolute atomic E-state index is 12.8. The molecule has 0 aliphatic heterocycles. The summed E-state index contributed by atoms with van der Waals surface area (Å²) in [5.41, 5.74) is 1.23. The van der Waals surface area contributed by atoms with Gasteiger partial charge in [0, 0.05) is 5.57 Å². The summed E-state index contributed by atoms with van der Waals surface area (Å²) in [7, 11) is -2.02. The zero-order valence-electron chi connectivity index (χ0n) is 18.3. The van der Waals surface area contributed by atoms with Gasteiger partial charge >= 0.3 is 6.18 Å². The third kappa shape index (κ3) is 6.29. The summed E-state index contributed by atoms with van der Waals surface area (Å²) in [6.45, 7) is 15.3. The van der Waals surface area contributed by atoms with Crippen LogP contribution >= 0.6 is 22.6 Å². The molecule has 0 fully saturated rings. The van der Waals surface area contributed by atoms with Crippen molar-refractivity contribution in [2.75, 3.05) is 0 Å². The fourth-order valence-corrected chi connectivity index (χ4v) is 4.92. The third-order valence-electron chi connectivity index (χ3n) is 5.83. The van der Waals surface area contributed by atoms with E-state index in [2.05, 4.69) is 73.3 Å². The Kier molecular flexibility index (Phi) is 8.17. The number of nitrogens with zero attached hydrogens (tertiary/aromatic N) is 3. The Hall–Kier alpha value is -0.943. The molecule has 0 unspecified atom stereocenters. The van der Waals surface area contributed by atoms with Crippen LogP contribution in [-0.2, 0) is 11.0 Å². The molecule has 1 aliphatic carbocycles. The molecule has 168 valence electrons. The maximum atomic E-state index is 12.8. The first-order valence-corrected chi connectivity index (χ1v) is 14.1. The minimum Gasteiger partial charge on any atom is -0.408 e. The van der Waals surface area contributed by atoms with Crippen LogP contribution in [0, 0.1) is 3.70 Å². The van der Waals surface area contributed by atoms with Gasteiger partial charge in [0.25, 0.3) is 0 Å². The lowest BCUT2D eigenvalue weighted by atomic mass is 9.98. The molecule has 0 N–H and O–H groups in total. The monoisotopic (exact) mass is 553 g/mol. The molecule has 0 radical (unpaired) electrons. The summed E-state index contributed by atoms with van der Waals surface area (Å²) in [5, 5.41) is 8.75. The molecule has 4 nitrogen and oxygen atoms in total. The van der Waals surface area contributed by atoms with Gasteiger partial charge in [-0.3, -0.25) is 0 Å². The van der Waals surface area contributed by atoms with Crippen LogP contribution in [0.15, 0.2) is 36.0 Å². The second kappa shape index (κ2) is 9.68. The van der Waals surface area contributed by atoms with E-state index < -0.39 is 20.1 Å². The molecule has 0 saturated carbocycles. The van der Waals surface area contributed by atoms with E-state index in [9.17, 15) is 13.2 Å². The number of alkyl halides is 3. The minimum absolute atomic E-state index is 0.00388. The molecular weight excluding hydrogens is 522 g/mol. The SMILES string of the molecule is C=CCC[C@@H](O[Si](C)(C)C(C)(C)C)c1nnn(CC2=CC=C(C(F)(F)F)CC2)c1I. The number of rotatable bonds is 8. The fourth-order valence-electron chi connectivity index (χ4n) is 2.91. The van der Waals surface area contributed by atoms with Crippen molar-refractivity contribution in [1.29, 1.82) is 0 Å². The molecular formula is C21H31F3IN3OSi. The van der Waals surface area contributed by atoms with Gasteiger partial charge in [0.1, 0.15) is 9.39 Å². The molecule has 9 heteroatoms. The minimum atomic E-state index is -4.25. The van der Waals surface area contributed by atoms with E-state index in [1.807, 2.05) is 6.08 Å². The first kappa shape index (κ1) is 25.3. The zero-order valence-corrected chi connectivity index (χ0v) is 21.5. The standard InChI is InChI=1S/C21H31F3IN3OSi/c1-7-8-9-17(29-30(5,6)20(2,3)4)18-19(25)28(27-26-18)14-15-10-12-16(13-11-15)21(22,23)24/h7,10,12,17H,1,8-9,11,13-14H2,2-6H3/t17-/m1/s1. The van der Waals surface area contributed by atoms with Crippen molar-refractivity contribution in [2.24, 2.45) is 0 Å². The van der Waals surface area contributed by atoms with Crippen LogP contribution in [0.25, 0.3) is 0 Å². The molecule has 0 amide bonds. The molecule has 0 aromatic carbocycles. The van der Waals surface area contributed by atoms with Crippen molar-refractivity contribution in [2.45, 2.75) is 83.4 Å². The summed E-state index contributed by atoms with van der Waals surface area (Å²) in [6, 6.07) is 0. The Bertz CT molecular complexity index is 822. The number of halogens is 4. The average Bonchev–Trinajstić information content (AvgIpc) is 2.98. The number of hydrogen-bond donors (Lipinski definition) is 0. The zero-order chi connectivity index (χ0) is 22.7. The summed E-state index contributed by atoms with van der Waals surface area (Å²) >= 11 is 2.21. The van der Waals surface area contributed by atoms with E-state index in [1.165, 1.54) is 6.08 Å². The Morgan fingerprint density at radius 2 is 1.93 bits per heavy atom. The van der Waals surface area contributed by atoms with Gasteiger partial charge in [0.05, 0.1) is 12.6 Å². The van der Waals surface area contributed by atoms with E-state index >= 15 is 0 Å². The van der Waals surface area contributed by atoms with Gasteiger partial charge in [-0.2, -0.15) is 13.2 Å². The van der Waals surface area contributed by atoms with Gasteiger partial charge in [-0.1, -0.05) is 44.2 Å². The number of allylic oxidation sites excluding steroid dienone is 5. The van der Waals surface area contributed by atoms with Crippen LogP contribution in [0.4, 0.5) is 13.2 Å². The number of aromatic nitrogens is 3. The predicted octanol–water partition coefficient (Wildman–Crippen LogP) is 7.12. The highest BCUT2D eigenvalue weighted by Crippen LogP contribution is 2.41. The van der Waals surface area contributed by atoms with Gasteiger partial charge in [-0.25, -0.2) is 4.68 Å². The lowest BCUT2D eigenvalue weighted by molar-refractivity contribution is -0.0941.